The van der Waals surface area contributed by atoms with Crippen LogP contribution in [0.2, 0.25) is 0 Å². The number of nitrogens with zero attached hydrogens (tertiary/aromatic N) is 1. The van der Waals surface area contributed by atoms with Crippen LogP contribution in [0.25, 0.3) is 11.1 Å². The minimum atomic E-state index is -1.16. The molecule has 2 aromatic carbocycles. The van der Waals surface area contributed by atoms with Crippen molar-refractivity contribution in [1.29, 1.82) is 0 Å². The molecule has 1 heterocycles. The summed E-state index contributed by atoms with van der Waals surface area (Å²) in [6, 6.07) is 16.0. The highest BCUT2D eigenvalue weighted by molar-refractivity contribution is 5.89. The van der Waals surface area contributed by atoms with Crippen molar-refractivity contribution in [2.45, 2.75) is 50.1 Å². The van der Waals surface area contributed by atoms with E-state index in [0.29, 0.717) is 32.2 Å². The van der Waals surface area contributed by atoms with Crippen LogP contribution < -0.4 is 5.32 Å². The molecule has 182 valence electrons. The molecule has 0 aromatic heterocycles. The lowest BCUT2D eigenvalue weighted by Gasteiger charge is -2.35. The molecule has 35 heavy (non-hydrogen) atoms. The van der Waals surface area contributed by atoms with Crippen LogP contribution in [0.4, 0.5) is 4.79 Å². The second-order valence-corrected chi connectivity index (χ2v) is 9.85. The van der Waals surface area contributed by atoms with Gasteiger partial charge >= 0.3 is 12.1 Å². The Hall–Kier alpha value is -3.61. The zero-order valence-electron chi connectivity index (χ0n) is 19.8. The van der Waals surface area contributed by atoms with Crippen molar-refractivity contribution in [3.05, 3.63) is 71.8 Å². The largest absolute Gasteiger partial charge is 0.480 e. The molecule has 2 aliphatic carbocycles. The van der Waals surface area contributed by atoms with Gasteiger partial charge in [0.05, 0.1) is 6.04 Å². The van der Waals surface area contributed by atoms with Crippen molar-refractivity contribution in [2.24, 2.45) is 5.92 Å². The number of fused-ring (bicyclic) bond motifs is 3. The Kier molecular flexibility index (Phi) is 6.09. The summed E-state index contributed by atoms with van der Waals surface area (Å²) in [5.74, 6) is -1.51. The highest BCUT2D eigenvalue weighted by atomic mass is 16.5. The molecule has 0 saturated carbocycles. The van der Waals surface area contributed by atoms with E-state index >= 15 is 0 Å². The fourth-order valence-electron chi connectivity index (χ4n) is 5.75. The molecular weight excluding hydrogens is 444 g/mol. The van der Waals surface area contributed by atoms with E-state index in [1.807, 2.05) is 36.4 Å². The molecule has 0 bridgehead atoms. The summed E-state index contributed by atoms with van der Waals surface area (Å²) in [5.41, 5.74) is 3.48. The van der Waals surface area contributed by atoms with Crippen LogP contribution in [0, 0.1) is 5.92 Å². The zero-order valence-corrected chi connectivity index (χ0v) is 19.8. The number of carbonyl (C=O) groups excluding carboxylic acids is 2. The first-order valence-electron chi connectivity index (χ1n) is 12.2. The van der Waals surface area contributed by atoms with Gasteiger partial charge in [0.15, 0.2) is 0 Å². The summed E-state index contributed by atoms with van der Waals surface area (Å²) in [6.07, 6.45) is 5.34. The van der Waals surface area contributed by atoms with Crippen molar-refractivity contribution < 1.29 is 24.2 Å². The van der Waals surface area contributed by atoms with E-state index in [2.05, 4.69) is 29.6 Å². The van der Waals surface area contributed by atoms with Crippen LogP contribution in [0.1, 0.15) is 49.7 Å². The second kappa shape index (κ2) is 9.21. The molecule has 2 unspecified atom stereocenters. The van der Waals surface area contributed by atoms with Gasteiger partial charge < -0.3 is 20.1 Å². The highest BCUT2D eigenvalue weighted by Crippen LogP contribution is 2.44. The Morgan fingerprint density at radius 3 is 2.40 bits per heavy atom. The fraction of sp³-hybridized carbons (Fsp3) is 0.393. The molecule has 5 rings (SSSR count). The molecule has 0 spiro atoms. The van der Waals surface area contributed by atoms with Gasteiger partial charge in [0.1, 0.15) is 12.1 Å². The standard InChI is InChI=1S/C28H30N2O5/c1-28(26(32)33)14-7-15-30(28)25(31)18-8-6-9-19(16-18)29-27(34)35-17-24-22-12-4-2-10-20(22)21-11-3-5-13-23(21)24/h2-6,9-13,18-19,24H,7-8,14-17H2,1H3,(H,29,34)(H,32,33)/t18?,19?,28-/m1/s1. The summed E-state index contributed by atoms with van der Waals surface area (Å²) in [7, 11) is 0. The van der Waals surface area contributed by atoms with E-state index in [4.69, 9.17) is 4.74 Å². The second-order valence-electron chi connectivity index (χ2n) is 9.85. The number of carbonyl (C=O) groups is 3. The van der Waals surface area contributed by atoms with E-state index in [1.165, 1.54) is 16.0 Å². The number of carboxylic acids is 1. The van der Waals surface area contributed by atoms with Gasteiger partial charge in [-0.15, -0.1) is 0 Å². The third-order valence-corrected chi connectivity index (χ3v) is 7.69. The van der Waals surface area contributed by atoms with Gasteiger partial charge in [-0.25, -0.2) is 9.59 Å². The summed E-state index contributed by atoms with van der Waals surface area (Å²) in [5, 5.41) is 12.5. The first kappa shape index (κ1) is 23.1. The first-order valence-corrected chi connectivity index (χ1v) is 12.2. The predicted octanol–water partition coefficient (Wildman–Crippen LogP) is 4.33. The van der Waals surface area contributed by atoms with E-state index in [9.17, 15) is 19.5 Å². The molecule has 3 atom stereocenters. The molecular formula is C28H30N2O5. The topological polar surface area (TPSA) is 95.9 Å². The van der Waals surface area contributed by atoms with E-state index in [0.717, 1.165) is 11.1 Å². The summed E-state index contributed by atoms with van der Waals surface area (Å²) in [4.78, 5) is 39.1. The molecule has 1 saturated heterocycles. The van der Waals surface area contributed by atoms with Crippen LogP contribution in [0.15, 0.2) is 60.7 Å². The smallest absolute Gasteiger partial charge is 0.407 e. The Labute approximate surface area is 204 Å². The van der Waals surface area contributed by atoms with E-state index in [1.54, 1.807) is 6.92 Å². The summed E-state index contributed by atoms with van der Waals surface area (Å²) in [6.45, 7) is 2.29. The van der Waals surface area contributed by atoms with Crippen LogP contribution in [0.5, 0.6) is 0 Å². The minimum absolute atomic E-state index is 0.0202. The minimum Gasteiger partial charge on any atom is -0.480 e. The molecule has 7 heteroatoms. The van der Waals surface area contributed by atoms with Gasteiger partial charge in [0.2, 0.25) is 5.91 Å². The lowest BCUT2D eigenvalue weighted by molar-refractivity contribution is -0.157. The lowest BCUT2D eigenvalue weighted by Crippen LogP contribution is -2.53. The maximum absolute atomic E-state index is 13.2. The Morgan fingerprint density at radius 1 is 1.09 bits per heavy atom. The van der Waals surface area contributed by atoms with Gasteiger partial charge in [-0.05, 0) is 54.9 Å². The van der Waals surface area contributed by atoms with Crippen molar-refractivity contribution >= 4 is 18.0 Å². The normalized spacial score (nSPS) is 25.1. The summed E-state index contributed by atoms with van der Waals surface area (Å²) >= 11 is 0. The predicted molar refractivity (Wildman–Crippen MR) is 131 cm³/mol. The number of alkyl carbamates (subject to hydrolysis) is 1. The molecule has 2 N–H and O–H groups in total. The van der Waals surface area contributed by atoms with Crippen molar-refractivity contribution in [1.82, 2.24) is 10.2 Å². The molecule has 1 fully saturated rings. The number of aliphatic carboxylic acids is 1. The Bertz CT molecular complexity index is 1150. The number of likely N-dealkylation sites (tertiary alicyclic amines) is 1. The van der Waals surface area contributed by atoms with Crippen molar-refractivity contribution in [3.63, 3.8) is 0 Å². The molecule has 0 radical (unpaired) electrons. The fourth-order valence-corrected chi connectivity index (χ4v) is 5.75. The number of rotatable bonds is 5. The average Bonchev–Trinajstić information content (AvgIpc) is 3.41. The number of benzene rings is 2. The maximum Gasteiger partial charge on any atom is 0.407 e. The molecule has 2 amide bonds. The van der Waals surface area contributed by atoms with Gasteiger partial charge in [-0.2, -0.15) is 0 Å². The van der Waals surface area contributed by atoms with E-state index < -0.39 is 17.6 Å². The van der Waals surface area contributed by atoms with Gasteiger partial charge in [-0.1, -0.05) is 60.7 Å². The van der Waals surface area contributed by atoms with E-state index in [-0.39, 0.29) is 30.4 Å². The maximum atomic E-state index is 13.2. The third-order valence-electron chi connectivity index (χ3n) is 7.69. The number of hydrogen-bond donors (Lipinski definition) is 2. The van der Waals surface area contributed by atoms with Crippen molar-refractivity contribution in [3.8, 4) is 11.1 Å². The number of ether oxygens (including phenoxy) is 1. The molecule has 2 aromatic rings. The van der Waals surface area contributed by atoms with Crippen LogP contribution in [-0.4, -0.2) is 52.7 Å². The molecule has 1 aliphatic heterocycles. The van der Waals surface area contributed by atoms with Crippen LogP contribution >= 0.6 is 0 Å². The zero-order chi connectivity index (χ0) is 24.6. The first-order chi connectivity index (χ1) is 16.9. The van der Waals surface area contributed by atoms with Crippen LogP contribution in [-0.2, 0) is 14.3 Å². The number of amides is 2. The quantitative estimate of drug-likeness (QED) is 0.629. The van der Waals surface area contributed by atoms with Gasteiger partial charge in [0, 0.05) is 18.4 Å². The van der Waals surface area contributed by atoms with Crippen molar-refractivity contribution in [2.75, 3.05) is 13.2 Å². The average molecular weight is 475 g/mol. The number of hydrogen-bond acceptors (Lipinski definition) is 4. The van der Waals surface area contributed by atoms with Crippen LogP contribution in [0.3, 0.4) is 0 Å². The number of nitrogens with one attached hydrogen (secondary N) is 1. The number of allylic oxidation sites excluding steroid dienone is 1. The molecule has 3 aliphatic rings. The van der Waals surface area contributed by atoms with Gasteiger partial charge in [0.25, 0.3) is 0 Å². The van der Waals surface area contributed by atoms with Gasteiger partial charge in [-0.3, -0.25) is 4.79 Å². The molecule has 7 nitrogen and oxygen atoms in total. The SMILES string of the molecule is C[C@]1(C(=O)O)CCCN1C(=O)C1CC=CC(NC(=O)OCC2c3ccccc3-c3ccccc32)C1. The Balaban J connectivity index is 1.20. The lowest BCUT2D eigenvalue weighted by atomic mass is 9.88. The highest BCUT2D eigenvalue weighted by Gasteiger charge is 2.47. The summed E-state index contributed by atoms with van der Waals surface area (Å²) < 4.78 is 5.65. The third kappa shape index (κ3) is 4.20. The number of carboxylic acid groups (broad SMARTS) is 1. The monoisotopic (exact) mass is 474 g/mol. The Morgan fingerprint density at radius 2 is 1.74 bits per heavy atom.